The molecule has 0 saturated heterocycles. The van der Waals surface area contributed by atoms with Crippen LogP contribution in [-0.2, 0) is 0 Å². The first-order valence-corrected chi connectivity index (χ1v) is 5.94. The molecule has 0 heterocycles. The molecule has 1 aromatic rings. The van der Waals surface area contributed by atoms with Crippen LogP contribution in [0.2, 0.25) is 0 Å². The van der Waals surface area contributed by atoms with Crippen LogP contribution in [0.25, 0.3) is 0 Å². The number of aliphatic hydroxyl groups excluding tert-OH is 1. The summed E-state index contributed by atoms with van der Waals surface area (Å²) in [6.07, 6.45) is 1.43. The lowest BCUT2D eigenvalue weighted by Crippen LogP contribution is -2.03. The molecule has 0 atom stereocenters. The third-order valence-electron chi connectivity index (χ3n) is 2.25. The van der Waals surface area contributed by atoms with Crippen LogP contribution in [0.1, 0.15) is 19.8 Å². The molecule has 0 aliphatic heterocycles. The average Bonchev–Trinajstić information content (AvgIpc) is 2.36. The Balaban J connectivity index is 2.80. The largest absolute Gasteiger partial charge is 0.493 e. The number of nitrogens with zero attached hydrogens (tertiary/aromatic N) is 1. The van der Waals surface area contributed by atoms with Crippen LogP contribution in [0, 0.1) is 10.1 Å². The Labute approximate surface area is 106 Å². The Bertz CT molecular complexity index is 396. The number of nitrogens with one attached hydrogen (secondary N) is 1. The molecular formula is C12H18N2O4. The maximum atomic E-state index is 10.8. The van der Waals surface area contributed by atoms with Gasteiger partial charge in [0.25, 0.3) is 5.69 Å². The quantitative estimate of drug-likeness (QED) is 0.422. The molecule has 0 unspecified atom stereocenters. The number of ether oxygens (including phenoxy) is 1. The van der Waals surface area contributed by atoms with E-state index in [1.807, 2.05) is 6.92 Å². The van der Waals surface area contributed by atoms with Crippen molar-refractivity contribution in [2.75, 3.05) is 25.1 Å². The van der Waals surface area contributed by atoms with Gasteiger partial charge in [-0.05, 0) is 6.42 Å². The second-order valence-corrected chi connectivity index (χ2v) is 3.83. The fourth-order valence-corrected chi connectivity index (χ4v) is 1.40. The molecule has 6 heteroatoms. The molecule has 0 fully saturated rings. The highest BCUT2D eigenvalue weighted by molar-refractivity contribution is 5.56. The minimum Gasteiger partial charge on any atom is -0.493 e. The van der Waals surface area contributed by atoms with Gasteiger partial charge in [-0.2, -0.15) is 0 Å². The molecule has 18 heavy (non-hydrogen) atoms. The fraction of sp³-hybridized carbons (Fsp3) is 0.500. The van der Waals surface area contributed by atoms with Gasteiger partial charge >= 0.3 is 0 Å². The van der Waals surface area contributed by atoms with Crippen molar-refractivity contribution in [2.45, 2.75) is 19.8 Å². The number of aliphatic hydroxyl groups is 1. The summed E-state index contributed by atoms with van der Waals surface area (Å²) in [5, 5.41) is 22.5. The van der Waals surface area contributed by atoms with E-state index in [2.05, 4.69) is 5.32 Å². The summed E-state index contributed by atoms with van der Waals surface area (Å²) >= 11 is 0. The third-order valence-corrected chi connectivity index (χ3v) is 2.25. The molecule has 100 valence electrons. The van der Waals surface area contributed by atoms with Gasteiger partial charge in [-0.25, -0.2) is 0 Å². The van der Waals surface area contributed by atoms with Crippen molar-refractivity contribution in [2.24, 2.45) is 0 Å². The maximum Gasteiger partial charge on any atom is 0.275 e. The van der Waals surface area contributed by atoms with Crippen LogP contribution >= 0.6 is 0 Å². The van der Waals surface area contributed by atoms with Gasteiger partial charge in [0, 0.05) is 37.4 Å². The normalized spacial score (nSPS) is 10.1. The van der Waals surface area contributed by atoms with Gasteiger partial charge in [0.2, 0.25) is 0 Å². The van der Waals surface area contributed by atoms with E-state index in [1.165, 1.54) is 12.1 Å². The van der Waals surface area contributed by atoms with E-state index in [-0.39, 0.29) is 12.3 Å². The van der Waals surface area contributed by atoms with E-state index < -0.39 is 4.92 Å². The number of hydrogen-bond acceptors (Lipinski definition) is 5. The highest BCUT2D eigenvalue weighted by Crippen LogP contribution is 2.26. The van der Waals surface area contributed by atoms with Gasteiger partial charge in [-0.15, -0.1) is 0 Å². The van der Waals surface area contributed by atoms with Gasteiger partial charge < -0.3 is 15.2 Å². The predicted molar refractivity (Wildman–Crippen MR) is 69.1 cm³/mol. The number of rotatable bonds is 8. The van der Waals surface area contributed by atoms with Crippen molar-refractivity contribution in [1.82, 2.24) is 0 Å². The molecule has 0 aromatic heterocycles. The second-order valence-electron chi connectivity index (χ2n) is 3.83. The molecule has 0 bridgehead atoms. The Morgan fingerprint density at radius 3 is 2.83 bits per heavy atom. The number of benzene rings is 1. The summed E-state index contributed by atoms with van der Waals surface area (Å²) in [5.41, 5.74) is 0.667. The lowest BCUT2D eigenvalue weighted by molar-refractivity contribution is -0.384. The number of non-ortho nitro benzene ring substituents is 1. The number of nitro benzene ring substituents is 1. The third kappa shape index (κ3) is 4.58. The van der Waals surface area contributed by atoms with Crippen LogP contribution in [-0.4, -0.2) is 29.8 Å². The van der Waals surface area contributed by atoms with E-state index in [1.54, 1.807) is 6.07 Å². The van der Waals surface area contributed by atoms with Crippen LogP contribution < -0.4 is 10.1 Å². The van der Waals surface area contributed by atoms with Crippen LogP contribution in [0.5, 0.6) is 5.75 Å². The fourth-order valence-electron chi connectivity index (χ4n) is 1.40. The molecule has 0 radical (unpaired) electrons. The molecule has 2 N–H and O–H groups in total. The van der Waals surface area contributed by atoms with E-state index in [0.717, 1.165) is 13.0 Å². The SMILES string of the molecule is CCCNc1cc(OCCCO)cc([N+](=O)[O-])c1. The van der Waals surface area contributed by atoms with Gasteiger partial charge in [0.15, 0.2) is 0 Å². The number of hydrogen-bond donors (Lipinski definition) is 2. The molecule has 0 aliphatic rings. The Morgan fingerprint density at radius 1 is 1.44 bits per heavy atom. The lowest BCUT2D eigenvalue weighted by Gasteiger charge is -2.09. The Morgan fingerprint density at radius 2 is 2.22 bits per heavy atom. The van der Waals surface area contributed by atoms with Crippen LogP contribution in [0.15, 0.2) is 18.2 Å². The lowest BCUT2D eigenvalue weighted by atomic mass is 10.2. The summed E-state index contributed by atoms with van der Waals surface area (Å²) in [5.74, 6) is 0.441. The van der Waals surface area contributed by atoms with Gasteiger partial charge in [-0.1, -0.05) is 6.92 Å². The van der Waals surface area contributed by atoms with Crippen LogP contribution in [0.3, 0.4) is 0 Å². The zero-order chi connectivity index (χ0) is 13.4. The van der Waals surface area contributed by atoms with Gasteiger partial charge in [0.1, 0.15) is 5.75 Å². The summed E-state index contributed by atoms with van der Waals surface area (Å²) in [6.45, 7) is 3.14. The Hall–Kier alpha value is -1.82. The minimum atomic E-state index is -0.448. The van der Waals surface area contributed by atoms with Crippen molar-refractivity contribution in [1.29, 1.82) is 0 Å². The molecular weight excluding hydrogens is 236 g/mol. The molecule has 0 saturated carbocycles. The topological polar surface area (TPSA) is 84.6 Å². The molecule has 0 aliphatic carbocycles. The molecule has 1 rings (SSSR count). The first kappa shape index (κ1) is 14.2. The zero-order valence-corrected chi connectivity index (χ0v) is 10.4. The number of nitro groups is 1. The van der Waals surface area contributed by atoms with E-state index in [4.69, 9.17) is 9.84 Å². The van der Waals surface area contributed by atoms with Crippen molar-refractivity contribution in [3.8, 4) is 5.75 Å². The standard InChI is InChI=1S/C12H18N2O4/c1-2-4-13-10-7-11(14(16)17)9-12(8-10)18-6-3-5-15/h7-9,13,15H,2-6H2,1H3. The van der Waals surface area contributed by atoms with E-state index >= 15 is 0 Å². The first-order chi connectivity index (χ1) is 8.67. The monoisotopic (exact) mass is 254 g/mol. The van der Waals surface area contributed by atoms with Crippen molar-refractivity contribution >= 4 is 11.4 Å². The molecule has 0 spiro atoms. The summed E-state index contributed by atoms with van der Waals surface area (Å²) in [7, 11) is 0. The molecule has 6 nitrogen and oxygen atoms in total. The van der Waals surface area contributed by atoms with Crippen molar-refractivity contribution in [3.63, 3.8) is 0 Å². The highest BCUT2D eigenvalue weighted by Gasteiger charge is 2.10. The highest BCUT2D eigenvalue weighted by atomic mass is 16.6. The smallest absolute Gasteiger partial charge is 0.275 e. The van der Waals surface area contributed by atoms with Gasteiger partial charge in [-0.3, -0.25) is 10.1 Å². The summed E-state index contributed by atoms with van der Waals surface area (Å²) < 4.78 is 5.35. The van der Waals surface area contributed by atoms with E-state index in [9.17, 15) is 10.1 Å². The van der Waals surface area contributed by atoms with Crippen molar-refractivity contribution in [3.05, 3.63) is 28.3 Å². The zero-order valence-electron chi connectivity index (χ0n) is 10.4. The maximum absolute atomic E-state index is 10.8. The predicted octanol–water partition coefficient (Wildman–Crippen LogP) is 2.18. The molecule has 0 amide bonds. The second kappa shape index (κ2) is 7.50. The average molecular weight is 254 g/mol. The van der Waals surface area contributed by atoms with E-state index in [0.29, 0.717) is 24.5 Å². The van der Waals surface area contributed by atoms with Gasteiger partial charge in [0.05, 0.1) is 17.6 Å². The Kier molecular flexibility index (Phi) is 5.93. The minimum absolute atomic E-state index is 0.00454. The summed E-state index contributed by atoms with van der Waals surface area (Å²) in [6, 6.07) is 4.59. The molecule has 1 aromatic carbocycles. The number of anilines is 1. The first-order valence-electron chi connectivity index (χ1n) is 5.94. The van der Waals surface area contributed by atoms with Crippen LogP contribution in [0.4, 0.5) is 11.4 Å². The summed E-state index contributed by atoms with van der Waals surface area (Å²) in [4.78, 5) is 10.3. The van der Waals surface area contributed by atoms with Crippen molar-refractivity contribution < 1.29 is 14.8 Å².